The highest BCUT2D eigenvalue weighted by molar-refractivity contribution is 6.36. The fraction of sp³-hybridized carbons (Fsp3) is 0.424. The van der Waals surface area contributed by atoms with Gasteiger partial charge in [0.25, 0.3) is 0 Å². The first-order valence-corrected chi connectivity index (χ1v) is 15.7. The van der Waals surface area contributed by atoms with E-state index >= 15 is 4.39 Å². The fourth-order valence-corrected chi connectivity index (χ4v) is 8.17. The Bertz CT molecular complexity index is 1800. The molecular formula is C33H33ClFN7O. The second-order valence-electron chi connectivity index (χ2n) is 12.4. The summed E-state index contributed by atoms with van der Waals surface area (Å²) in [5, 5.41) is 14.0. The van der Waals surface area contributed by atoms with Gasteiger partial charge in [0.05, 0.1) is 23.1 Å². The molecule has 3 fully saturated rings. The minimum absolute atomic E-state index is 0.0308. The van der Waals surface area contributed by atoms with Crippen LogP contribution in [0.15, 0.2) is 48.8 Å². The molecule has 3 aliphatic rings. The van der Waals surface area contributed by atoms with Crippen LogP contribution in [0.3, 0.4) is 0 Å². The average molecular weight is 598 g/mol. The van der Waals surface area contributed by atoms with Gasteiger partial charge < -0.3 is 4.74 Å². The summed E-state index contributed by atoms with van der Waals surface area (Å²) < 4.78 is 23.1. The molecule has 10 heteroatoms. The van der Waals surface area contributed by atoms with Crippen molar-refractivity contribution in [1.29, 1.82) is 0 Å². The first kappa shape index (κ1) is 26.9. The minimum atomic E-state index is -0.483. The van der Waals surface area contributed by atoms with Crippen LogP contribution in [0.4, 0.5) is 4.39 Å². The first-order chi connectivity index (χ1) is 21.1. The van der Waals surface area contributed by atoms with Crippen LogP contribution in [-0.2, 0) is 0 Å². The van der Waals surface area contributed by atoms with Crippen LogP contribution < -0.4 is 4.74 Å². The maximum atomic E-state index is 16.7. The lowest BCUT2D eigenvalue weighted by atomic mass is 9.78. The van der Waals surface area contributed by atoms with E-state index in [2.05, 4.69) is 25.3 Å². The number of aromatic amines is 1. The number of halogens is 2. The van der Waals surface area contributed by atoms with Crippen molar-refractivity contribution in [3.8, 4) is 17.3 Å². The van der Waals surface area contributed by atoms with Crippen molar-refractivity contribution in [3.05, 3.63) is 71.0 Å². The summed E-state index contributed by atoms with van der Waals surface area (Å²) in [6, 6.07) is 11.7. The lowest BCUT2D eigenvalue weighted by Gasteiger charge is -2.31. The Labute approximate surface area is 254 Å². The molecule has 2 atom stereocenters. The number of hydrogen-bond acceptors (Lipinski definition) is 7. The van der Waals surface area contributed by atoms with Gasteiger partial charge in [-0.3, -0.25) is 9.88 Å². The van der Waals surface area contributed by atoms with Crippen LogP contribution in [0.25, 0.3) is 32.9 Å². The van der Waals surface area contributed by atoms with Crippen molar-refractivity contribution < 1.29 is 9.13 Å². The van der Waals surface area contributed by atoms with Gasteiger partial charge in [0.1, 0.15) is 17.8 Å². The van der Waals surface area contributed by atoms with E-state index < -0.39 is 5.82 Å². The third kappa shape index (κ3) is 4.64. The average Bonchev–Trinajstić information content (AvgIpc) is 3.79. The van der Waals surface area contributed by atoms with Crippen molar-refractivity contribution in [2.75, 3.05) is 19.7 Å². The van der Waals surface area contributed by atoms with E-state index in [1.807, 2.05) is 36.4 Å². The number of aromatic nitrogens is 6. The molecule has 0 spiro atoms. The van der Waals surface area contributed by atoms with E-state index in [9.17, 15) is 0 Å². The molecule has 5 heterocycles. The van der Waals surface area contributed by atoms with Crippen molar-refractivity contribution in [2.24, 2.45) is 0 Å². The fourth-order valence-electron chi connectivity index (χ4n) is 7.89. The summed E-state index contributed by atoms with van der Waals surface area (Å²) in [7, 11) is 0. The Kier molecular flexibility index (Phi) is 6.75. The van der Waals surface area contributed by atoms with E-state index in [0.717, 1.165) is 73.8 Å². The second-order valence-corrected chi connectivity index (χ2v) is 12.8. The molecule has 1 N–H and O–H groups in total. The molecule has 5 aromatic rings. The number of pyridine rings is 1. The summed E-state index contributed by atoms with van der Waals surface area (Å²) in [5.74, 6) is -0.134. The van der Waals surface area contributed by atoms with Crippen LogP contribution in [0.1, 0.15) is 74.6 Å². The van der Waals surface area contributed by atoms with Crippen molar-refractivity contribution in [3.63, 3.8) is 0 Å². The van der Waals surface area contributed by atoms with Gasteiger partial charge in [-0.25, -0.2) is 4.39 Å². The molecule has 2 aromatic carbocycles. The topological polar surface area (TPSA) is 92.7 Å². The number of H-pyrrole nitrogens is 1. The van der Waals surface area contributed by atoms with Gasteiger partial charge in [0.15, 0.2) is 5.82 Å². The van der Waals surface area contributed by atoms with Crippen molar-refractivity contribution in [1.82, 2.24) is 35.3 Å². The first-order valence-electron chi connectivity index (χ1n) is 15.4. The Hall–Kier alpha value is -3.69. The Morgan fingerprint density at radius 1 is 1.00 bits per heavy atom. The van der Waals surface area contributed by atoms with Crippen LogP contribution in [0, 0.1) is 5.82 Å². The predicted octanol–water partition coefficient (Wildman–Crippen LogP) is 7.20. The SMILES string of the molecule is Fc1c(-c2cccc3cccc(Cl)c23)ncc2c(C3CCCC(c4cn[nH]n4)C3)nc(OCC34CCCN3CCC4)nc12. The highest BCUT2D eigenvalue weighted by Crippen LogP contribution is 2.44. The molecule has 3 aromatic heterocycles. The van der Waals surface area contributed by atoms with Gasteiger partial charge in [-0.15, -0.1) is 0 Å². The zero-order valence-corrected chi connectivity index (χ0v) is 24.7. The molecule has 1 saturated carbocycles. The maximum absolute atomic E-state index is 16.7. The summed E-state index contributed by atoms with van der Waals surface area (Å²) in [6.45, 7) is 2.73. The Balaban J connectivity index is 1.24. The quantitative estimate of drug-likeness (QED) is 0.221. The Morgan fingerprint density at radius 2 is 1.81 bits per heavy atom. The lowest BCUT2D eigenvalue weighted by Crippen LogP contribution is -2.43. The molecule has 0 amide bonds. The van der Waals surface area contributed by atoms with Gasteiger partial charge >= 0.3 is 6.01 Å². The number of nitrogens with zero attached hydrogens (tertiary/aromatic N) is 6. The van der Waals surface area contributed by atoms with Gasteiger partial charge in [0.2, 0.25) is 0 Å². The van der Waals surface area contributed by atoms with Crippen LogP contribution in [-0.4, -0.2) is 60.5 Å². The molecule has 8 nitrogen and oxygen atoms in total. The van der Waals surface area contributed by atoms with E-state index in [1.165, 1.54) is 12.8 Å². The summed E-state index contributed by atoms with van der Waals surface area (Å²) in [4.78, 5) is 17.0. The third-order valence-corrected chi connectivity index (χ3v) is 10.3. The van der Waals surface area contributed by atoms with Crippen LogP contribution in [0.2, 0.25) is 5.02 Å². The molecule has 1 aliphatic carbocycles. The minimum Gasteiger partial charge on any atom is -0.461 e. The number of nitrogens with one attached hydrogen (secondary N) is 1. The molecule has 0 bridgehead atoms. The standard InChI is InChI=1S/C33H33ClFN7O/c34-25-11-3-7-20-6-2-10-23(27(20)25)30-28(35)31-24(17-36-30)29(22-9-1-8-21(16-22)26-18-37-41-40-26)38-32(39-31)43-19-33-12-4-14-42(33)15-5-13-33/h2-3,6-7,10-11,17-18,21-22H,1,4-5,8-9,12-16,19H2,(H,37,40,41). The zero-order chi connectivity index (χ0) is 29.0. The number of fused-ring (bicyclic) bond motifs is 3. The van der Waals surface area contributed by atoms with E-state index in [0.29, 0.717) is 22.6 Å². The number of ether oxygens (including phenoxy) is 1. The zero-order valence-electron chi connectivity index (χ0n) is 23.9. The van der Waals surface area contributed by atoms with Gasteiger partial charge in [-0.2, -0.15) is 25.4 Å². The van der Waals surface area contributed by atoms with Crippen LogP contribution >= 0.6 is 11.6 Å². The molecule has 2 saturated heterocycles. The third-order valence-electron chi connectivity index (χ3n) is 10.00. The number of benzene rings is 2. The molecular weight excluding hydrogens is 565 g/mol. The van der Waals surface area contributed by atoms with Crippen LogP contribution in [0.5, 0.6) is 6.01 Å². The monoisotopic (exact) mass is 597 g/mol. The molecule has 220 valence electrons. The normalized spacial score (nSPS) is 21.9. The van der Waals surface area contributed by atoms with Gasteiger partial charge in [0, 0.05) is 39.4 Å². The molecule has 8 rings (SSSR count). The summed E-state index contributed by atoms with van der Waals surface area (Å²) >= 11 is 6.63. The number of rotatable bonds is 6. The summed E-state index contributed by atoms with van der Waals surface area (Å²) in [5.41, 5.74) is 2.89. The Morgan fingerprint density at radius 3 is 2.63 bits per heavy atom. The summed E-state index contributed by atoms with van der Waals surface area (Å²) in [6.07, 6.45) is 12.0. The van der Waals surface area contributed by atoms with E-state index in [1.54, 1.807) is 12.4 Å². The maximum Gasteiger partial charge on any atom is 0.317 e. The predicted molar refractivity (Wildman–Crippen MR) is 164 cm³/mol. The van der Waals surface area contributed by atoms with E-state index in [4.69, 9.17) is 26.3 Å². The molecule has 2 unspecified atom stereocenters. The van der Waals surface area contributed by atoms with Gasteiger partial charge in [-0.05, 0) is 69.5 Å². The second kappa shape index (κ2) is 10.8. The smallest absolute Gasteiger partial charge is 0.317 e. The van der Waals surface area contributed by atoms with Gasteiger partial charge in [-0.1, -0.05) is 48.4 Å². The highest BCUT2D eigenvalue weighted by Gasteiger charge is 2.45. The highest BCUT2D eigenvalue weighted by atomic mass is 35.5. The van der Waals surface area contributed by atoms with Crippen molar-refractivity contribution in [2.45, 2.75) is 68.7 Å². The molecule has 0 radical (unpaired) electrons. The molecule has 43 heavy (non-hydrogen) atoms. The molecule has 2 aliphatic heterocycles. The number of hydrogen-bond donors (Lipinski definition) is 1. The lowest BCUT2D eigenvalue weighted by molar-refractivity contribution is 0.107. The van der Waals surface area contributed by atoms with Crippen molar-refractivity contribution >= 4 is 33.3 Å². The largest absolute Gasteiger partial charge is 0.461 e. The van der Waals surface area contributed by atoms with E-state index in [-0.39, 0.29) is 34.6 Å².